The molecule has 1 aliphatic rings. The minimum absolute atomic E-state index is 0.148. The SMILES string of the molecule is CC(NC(=O)N1CCCCCC1c1ccc(C(F)(F)F)cc1)(c1ccc(F)cc1)C(F)(F)F. The molecule has 1 fully saturated rings. The van der Waals surface area contributed by atoms with Crippen molar-refractivity contribution in [2.24, 2.45) is 0 Å². The van der Waals surface area contributed by atoms with Crippen LogP contribution in [0.3, 0.4) is 0 Å². The van der Waals surface area contributed by atoms with Gasteiger partial charge in [0.2, 0.25) is 0 Å². The number of likely N-dealkylation sites (tertiary alicyclic amines) is 1. The van der Waals surface area contributed by atoms with Crippen LogP contribution < -0.4 is 5.32 Å². The van der Waals surface area contributed by atoms with Gasteiger partial charge in [0.15, 0.2) is 5.54 Å². The van der Waals surface area contributed by atoms with Crippen molar-refractivity contribution >= 4 is 6.03 Å². The van der Waals surface area contributed by atoms with E-state index < -0.39 is 41.3 Å². The van der Waals surface area contributed by atoms with E-state index in [0.717, 1.165) is 49.7 Å². The van der Waals surface area contributed by atoms with Crippen molar-refractivity contribution in [1.82, 2.24) is 10.2 Å². The first-order chi connectivity index (χ1) is 15.3. The molecule has 2 aromatic rings. The van der Waals surface area contributed by atoms with E-state index in [1.165, 1.54) is 17.0 Å². The maximum Gasteiger partial charge on any atom is 0.416 e. The van der Waals surface area contributed by atoms with Crippen LogP contribution in [0.4, 0.5) is 35.5 Å². The number of carbonyl (C=O) groups excluding carboxylic acids is 1. The lowest BCUT2D eigenvalue weighted by Crippen LogP contribution is -2.57. The van der Waals surface area contributed by atoms with E-state index in [4.69, 9.17) is 0 Å². The molecule has 2 aromatic carbocycles. The monoisotopic (exact) mass is 476 g/mol. The average molecular weight is 476 g/mol. The standard InChI is InChI=1S/C23H23F7N2O/c1-21(23(28,29)30,16-10-12-18(24)13-11-16)31-20(33)32-14-4-2-3-5-19(32)15-6-8-17(9-7-15)22(25,26)27/h6-13,19H,2-5,14H2,1H3,(H,31,33). The zero-order valence-corrected chi connectivity index (χ0v) is 17.7. The van der Waals surface area contributed by atoms with Crippen molar-refractivity contribution in [3.05, 3.63) is 71.0 Å². The smallest absolute Gasteiger partial charge is 0.320 e. The molecule has 180 valence electrons. The lowest BCUT2D eigenvalue weighted by Gasteiger charge is -2.38. The van der Waals surface area contributed by atoms with E-state index in [-0.39, 0.29) is 12.1 Å². The summed E-state index contributed by atoms with van der Waals surface area (Å²) in [4.78, 5) is 14.4. The van der Waals surface area contributed by atoms with E-state index >= 15 is 0 Å². The van der Waals surface area contributed by atoms with Crippen molar-refractivity contribution in [1.29, 1.82) is 0 Å². The number of hydrogen-bond donors (Lipinski definition) is 1. The van der Waals surface area contributed by atoms with E-state index in [1.807, 2.05) is 0 Å². The van der Waals surface area contributed by atoms with Crippen molar-refractivity contribution in [3.8, 4) is 0 Å². The molecular formula is C23H23F7N2O. The van der Waals surface area contributed by atoms with Crippen molar-refractivity contribution in [2.45, 2.75) is 56.5 Å². The maximum atomic E-state index is 14.0. The highest BCUT2D eigenvalue weighted by atomic mass is 19.4. The topological polar surface area (TPSA) is 32.3 Å². The number of nitrogens with zero attached hydrogens (tertiary/aromatic N) is 1. The van der Waals surface area contributed by atoms with Gasteiger partial charge >= 0.3 is 18.4 Å². The molecule has 2 amide bonds. The van der Waals surface area contributed by atoms with Crippen LogP contribution in [0.2, 0.25) is 0 Å². The van der Waals surface area contributed by atoms with Crippen molar-refractivity contribution < 1.29 is 35.5 Å². The molecule has 3 nitrogen and oxygen atoms in total. The number of amides is 2. The summed E-state index contributed by atoms with van der Waals surface area (Å²) in [5.41, 5.74) is -3.58. The Morgan fingerprint density at radius 2 is 1.45 bits per heavy atom. The zero-order chi connectivity index (χ0) is 24.4. The largest absolute Gasteiger partial charge is 0.416 e. The van der Waals surface area contributed by atoms with Crippen LogP contribution in [-0.2, 0) is 11.7 Å². The molecule has 33 heavy (non-hydrogen) atoms. The molecule has 0 aromatic heterocycles. The first kappa shape index (κ1) is 24.9. The Bertz CT molecular complexity index is 955. The van der Waals surface area contributed by atoms with Gasteiger partial charge in [0, 0.05) is 6.54 Å². The van der Waals surface area contributed by atoms with Crippen LogP contribution in [0.1, 0.15) is 55.3 Å². The molecule has 0 radical (unpaired) electrons. The number of halogens is 7. The van der Waals surface area contributed by atoms with Crippen LogP contribution >= 0.6 is 0 Å². The van der Waals surface area contributed by atoms with Gasteiger partial charge in [-0.15, -0.1) is 0 Å². The zero-order valence-electron chi connectivity index (χ0n) is 17.7. The van der Waals surface area contributed by atoms with Gasteiger partial charge in [-0.1, -0.05) is 37.1 Å². The molecule has 0 aliphatic carbocycles. The van der Waals surface area contributed by atoms with Crippen molar-refractivity contribution in [2.75, 3.05) is 6.54 Å². The molecule has 1 N–H and O–H groups in total. The average Bonchev–Trinajstić information content (AvgIpc) is 2.99. The molecule has 2 unspecified atom stereocenters. The van der Waals surface area contributed by atoms with Crippen LogP contribution in [0.15, 0.2) is 48.5 Å². The quantitative estimate of drug-likeness (QED) is 0.478. The summed E-state index contributed by atoms with van der Waals surface area (Å²) in [6.45, 7) is 0.942. The van der Waals surface area contributed by atoms with Gasteiger partial charge in [-0.2, -0.15) is 26.3 Å². The number of nitrogens with one attached hydrogen (secondary N) is 1. The molecule has 0 bridgehead atoms. The Labute approximate surface area is 186 Å². The minimum atomic E-state index is -4.89. The second kappa shape index (κ2) is 9.23. The van der Waals surface area contributed by atoms with Crippen molar-refractivity contribution in [3.63, 3.8) is 0 Å². The highest BCUT2D eigenvalue weighted by molar-refractivity contribution is 5.76. The predicted molar refractivity (Wildman–Crippen MR) is 108 cm³/mol. The third-order valence-electron chi connectivity index (χ3n) is 5.98. The maximum absolute atomic E-state index is 14.0. The number of alkyl halides is 6. The van der Waals surface area contributed by atoms with Crippen LogP contribution in [0, 0.1) is 5.82 Å². The van der Waals surface area contributed by atoms with Gasteiger partial charge < -0.3 is 10.2 Å². The van der Waals surface area contributed by atoms with Crippen LogP contribution in [0.25, 0.3) is 0 Å². The summed E-state index contributed by atoms with van der Waals surface area (Å²) in [5.74, 6) is -0.718. The van der Waals surface area contributed by atoms with Gasteiger partial charge in [-0.3, -0.25) is 0 Å². The van der Waals surface area contributed by atoms with Gasteiger partial charge in [0.05, 0.1) is 11.6 Å². The second-order valence-electron chi connectivity index (χ2n) is 8.24. The number of rotatable bonds is 3. The molecule has 3 rings (SSSR count). The highest BCUT2D eigenvalue weighted by Crippen LogP contribution is 2.40. The fraction of sp³-hybridized carbons (Fsp3) is 0.435. The first-order valence-corrected chi connectivity index (χ1v) is 10.4. The molecule has 1 heterocycles. The summed E-state index contributed by atoms with van der Waals surface area (Å²) >= 11 is 0. The Morgan fingerprint density at radius 3 is 2.00 bits per heavy atom. The number of urea groups is 1. The Morgan fingerprint density at radius 1 is 0.879 bits per heavy atom. The third-order valence-corrected chi connectivity index (χ3v) is 5.98. The van der Waals surface area contributed by atoms with Gasteiger partial charge in [0.25, 0.3) is 0 Å². The first-order valence-electron chi connectivity index (χ1n) is 10.4. The summed E-state index contributed by atoms with van der Waals surface area (Å²) < 4.78 is 94.1. The van der Waals surface area contributed by atoms with E-state index in [0.29, 0.717) is 24.8 Å². The molecule has 2 atom stereocenters. The Balaban J connectivity index is 1.92. The number of carbonyl (C=O) groups is 1. The number of benzene rings is 2. The molecule has 1 aliphatic heterocycles. The number of hydrogen-bond acceptors (Lipinski definition) is 1. The van der Waals surface area contributed by atoms with Crippen LogP contribution in [0.5, 0.6) is 0 Å². The predicted octanol–water partition coefficient (Wildman–Crippen LogP) is 6.95. The normalized spacial score (nSPS) is 19.5. The molecule has 1 saturated heterocycles. The highest BCUT2D eigenvalue weighted by Gasteiger charge is 2.54. The van der Waals surface area contributed by atoms with Gasteiger partial charge in [-0.05, 0) is 55.2 Å². The lowest BCUT2D eigenvalue weighted by atomic mass is 9.91. The fourth-order valence-electron chi connectivity index (χ4n) is 3.97. The molecule has 10 heteroatoms. The van der Waals surface area contributed by atoms with E-state index in [2.05, 4.69) is 5.32 Å². The second-order valence-corrected chi connectivity index (χ2v) is 8.24. The molecular weight excluding hydrogens is 453 g/mol. The lowest BCUT2D eigenvalue weighted by molar-refractivity contribution is -0.192. The Hall–Kier alpha value is -2.78. The summed E-state index contributed by atoms with van der Waals surface area (Å²) in [5, 5.41) is 2.06. The van der Waals surface area contributed by atoms with Crippen LogP contribution in [-0.4, -0.2) is 23.7 Å². The molecule has 0 saturated carbocycles. The van der Waals surface area contributed by atoms with E-state index in [9.17, 15) is 35.5 Å². The fourth-order valence-corrected chi connectivity index (χ4v) is 3.97. The van der Waals surface area contributed by atoms with Gasteiger partial charge in [0.1, 0.15) is 5.82 Å². The van der Waals surface area contributed by atoms with Gasteiger partial charge in [-0.25, -0.2) is 9.18 Å². The summed E-state index contributed by atoms with van der Waals surface area (Å²) in [7, 11) is 0. The Kier molecular flexibility index (Phi) is 6.95. The molecule has 0 spiro atoms. The summed E-state index contributed by atoms with van der Waals surface area (Å²) in [6, 6.07) is 6.29. The third kappa shape index (κ3) is 5.42. The summed E-state index contributed by atoms with van der Waals surface area (Å²) in [6.07, 6.45) is -7.07. The van der Waals surface area contributed by atoms with E-state index in [1.54, 1.807) is 0 Å². The minimum Gasteiger partial charge on any atom is -0.320 e.